The molecule has 2 aromatic rings. The van der Waals surface area contributed by atoms with Crippen molar-refractivity contribution in [3.63, 3.8) is 0 Å². The Morgan fingerprint density at radius 2 is 1.79 bits per heavy atom. The van der Waals surface area contributed by atoms with E-state index in [1.54, 1.807) is 24.4 Å². The fourth-order valence-electron chi connectivity index (χ4n) is 2.52. The first-order valence-electron chi connectivity index (χ1n) is 8.80. The van der Waals surface area contributed by atoms with Gasteiger partial charge < -0.3 is 19.7 Å². The van der Waals surface area contributed by atoms with E-state index in [4.69, 9.17) is 9.47 Å². The molecule has 1 aliphatic rings. The summed E-state index contributed by atoms with van der Waals surface area (Å²) in [5.74, 6) is 0.323. The van der Waals surface area contributed by atoms with Gasteiger partial charge >= 0.3 is 0 Å². The summed E-state index contributed by atoms with van der Waals surface area (Å²) in [5, 5.41) is 6.45. The summed E-state index contributed by atoms with van der Waals surface area (Å²) >= 11 is 0. The van der Waals surface area contributed by atoms with Crippen molar-refractivity contribution in [1.82, 2.24) is 10.7 Å². The molecule has 0 fully saturated rings. The molecule has 2 amide bonds. The fraction of sp³-hybridized carbons (Fsp3) is 0.250. The second-order valence-electron chi connectivity index (χ2n) is 6.32. The number of amides is 2. The van der Waals surface area contributed by atoms with Crippen molar-refractivity contribution in [1.29, 1.82) is 0 Å². The van der Waals surface area contributed by atoms with E-state index in [0.29, 0.717) is 30.3 Å². The molecule has 28 heavy (non-hydrogen) atoms. The lowest BCUT2D eigenvalue weighted by Gasteiger charge is -2.18. The Morgan fingerprint density at radius 1 is 1.07 bits per heavy atom. The van der Waals surface area contributed by atoms with E-state index in [0.717, 1.165) is 11.3 Å². The molecule has 0 spiro atoms. The van der Waals surface area contributed by atoms with Crippen molar-refractivity contribution in [2.24, 2.45) is 5.10 Å². The maximum Gasteiger partial charge on any atom is 0.259 e. The third-order valence-corrected chi connectivity index (χ3v) is 4.03. The number of rotatable bonds is 6. The number of hydrogen-bond acceptors (Lipinski definition) is 6. The Balaban J connectivity index is 1.46. The molecule has 0 atom stereocenters. The Kier molecular flexibility index (Phi) is 6.11. The molecule has 0 radical (unpaired) electrons. The zero-order chi connectivity index (χ0) is 19.9. The highest BCUT2D eigenvalue weighted by Crippen LogP contribution is 2.30. The zero-order valence-electron chi connectivity index (χ0n) is 15.8. The summed E-state index contributed by atoms with van der Waals surface area (Å²) in [4.78, 5) is 26.0. The highest BCUT2D eigenvalue weighted by atomic mass is 16.6. The van der Waals surface area contributed by atoms with Crippen LogP contribution in [0.1, 0.15) is 15.9 Å². The van der Waals surface area contributed by atoms with E-state index in [-0.39, 0.29) is 12.5 Å². The molecule has 0 saturated heterocycles. The molecular weight excluding hydrogens is 360 g/mol. The number of fused-ring (bicyclic) bond motifs is 1. The average molecular weight is 382 g/mol. The molecular formula is C20H22N4O4. The van der Waals surface area contributed by atoms with Gasteiger partial charge in [-0.1, -0.05) is 12.1 Å². The van der Waals surface area contributed by atoms with Gasteiger partial charge in [0.05, 0.1) is 12.8 Å². The van der Waals surface area contributed by atoms with E-state index in [1.807, 2.05) is 43.3 Å². The summed E-state index contributed by atoms with van der Waals surface area (Å²) in [6, 6.07) is 12.6. The van der Waals surface area contributed by atoms with Crippen LogP contribution >= 0.6 is 0 Å². The predicted molar refractivity (Wildman–Crippen MR) is 106 cm³/mol. The Labute approximate surface area is 163 Å². The van der Waals surface area contributed by atoms with E-state index in [9.17, 15) is 9.59 Å². The largest absolute Gasteiger partial charge is 0.486 e. The number of hydrazone groups is 1. The highest BCUT2D eigenvalue weighted by molar-refractivity contribution is 5.97. The smallest absolute Gasteiger partial charge is 0.259 e. The van der Waals surface area contributed by atoms with Gasteiger partial charge in [-0.15, -0.1) is 0 Å². The van der Waals surface area contributed by atoms with Crippen molar-refractivity contribution in [2.75, 3.05) is 38.8 Å². The zero-order valence-corrected chi connectivity index (χ0v) is 15.8. The normalized spacial score (nSPS) is 12.5. The standard InChI is InChI=1S/C20H22N4O4/c1-24(2)16-6-3-14(4-7-16)12-22-23-19(25)13-21-20(26)15-5-8-17-18(11-15)28-10-9-27-17/h3-8,11-12H,9-10,13H2,1-2H3,(H,21,26)(H,23,25). The van der Waals surface area contributed by atoms with E-state index in [1.165, 1.54) is 0 Å². The lowest BCUT2D eigenvalue weighted by atomic mass is 10.2. The van der Waals surface area contributed by atoms with Gasteiger partial charge in [0.2, 0.25) is 0 Å². The first kappa shape index (κ1) is 19.2. The third kappa shape index (κ3) is 5.00. The van der Waals surface area contributed by atoms with Crippen LogP contribution in [0, 0.1) is 0 Å². The number of nitrogens with one attached hydrogen (secondary N) is 2. The molecule has 0 saturated carbocycles. The predicted octanol–water partition coefficient (Wildman–Crippen LogP) is 1.40. The van der Waals surface area contributed by atoms with Gasteiger partial charge in [0.15, 0.2) is 11.5 Å². The van der Waals surface area contributed by atoms with Gasteiger partial charge in [0, 0.05) is 25.3 Å². The topological polar surface area (TPSA) is 92.3 Å². The minimum atomic E-state index is -0.424. The SMILES string of the molecule is CN(C)c1ccc(C=NNC(=O)CNC(=O)c2ccc3c(c2)OCCO3)cc1. The first-order valence-corrected chi connectivity index (χ1v) is 8.80. The Hall–Kier alpha value is -3.55. The van der Waals surface area contributed by atoms with Crippen molar-refractivity contribution < 1.29 is 19.1 Å². The van der Waals surface area contributed by atoms with Gasteiger partial charge in [-0.25, -0.2) is 5.43 Å². The molecule has 146 valence electrons. The molecule has 2 aromatic carbocycles. The number of ether oxygens (including phenoxy) is 2. The minimum absolute atomic E-state index is 0.190. The van der Waals surface area contributed by atoms with Gasteiger partial charge in [0.1, 0.15) is 13.2 Å². The third-order valence-electron chi connectivity index (χ3n) is 4.03. The average Bonchev–Trinajstić information content (AvgIpc) is 2.72. The molecule has 8 nitrogen and oxygen atoms in total. The van der Waals surface area contributed by atoms with Gasteiger partial charge in [-0.3, -0.25) is 9.59 Å². The summed E-state index contributed by atoms with van der Waals surface area (Å²) in [6.45, 7) is 0.736. The molecule has 8 heteroatoms. The Morgan fingerprint density at radius 3 is 2.50 bits per heavy atom. The molecule has 1 heterocycles. The van der Waals surface area contributed by atoms with Crippen LogP contribution in [0.25, 0.3) is 0 Å². The monoisotopic (exact) mass is 382 g/mol. The van der Waals surface area contributed by atoms with Gasteiger partial charge in [-0.05, 0) is 35.9 Å². The van der Waals surface area contributed by atoms with Crippen LogP contribution in [0.4, 0.5) is 5.69 Å². The quantitative estimate of drug-likeness (QED) is 0.582. The maximum atomic E-state index is 12.2. The van der Waals surface area contributed by atoms with Crippen LogP contribution < -0.4 is 25.1 Å². The summed E-state index contributed by atoms with van der Waals surface area (Å²) in [6.07, 6.45) is 1.54. The summed E-state index contributed by atoms with van der Waals surface area (Å²) < 4.78 is 10.9. The van der Waals surface area contributed by atoms with Crippen LogP contribution in [0.3, 0.4) is 0 Å². The van der Waals surface area contributed by atoms with Crippen LogP contribution in [-0.2, 0) is 4.79 Å². The number of nitrogens with zero attached hydrogens (tertiary/aromatic N) is 2. The van der Waals surface area contributed by atoms with Crippen LogP contribution in [0.2, 0.25) is 0 Å². The molecule has 0 aliphatic carbocycles. The summed E-state index contributed by atoms with van der Waals surface area (Å²) in [7, 11) is 3.92. The van der Waals surface area contributed by atoms with Gasteiger partial charge in [-0.2, -0.15) is 5.10 Å². The van der Waals surface area contributed by atoms with Crippen molar-refractivity contribution in [2.45, 2.75) is 0 Å². The number of carbonyl (C=O) groups excluding carboxylic acids is 2. The number of benzene rings is 2. The maximum absolute atomic E-state index is 12.2. The molecule has 1 aliphatic heterocycles. The highest BCUT2D eigenvalue weighted by Gasteiger charge is 2.15. The fourth-order valence-corrected chi connectivity index (χ4v) is 2.52. The van der Waals surface area contributed by atoms with Gasteiger partial charge in [0.25, 0.3) is 11.8 Å². The molecule has 0 aromatic heterocycles. The van der Waals surface area contributed by atoms with Crippen molar-refractivity contribution in [3.05, 3.63) is 53.6 Å². The second-order valence-corrected chi connectivity index (χ2v) is 6.32. The van der Waals surface area contributed by atoms with E-state index in [2.05, 4.69) is 15.8 Å². The first-order chi connectivity index (χ1) is 13.5. The van der Waals surface area contributed by atoms with Crippen molar-refractivity contribution >= 4 is 23.7 Å². The number of carbonyl (C=O) groups is 2. The van der Waals surface area contributed by atoms with E-state index < -0.39 is 5.91 Å². The molecule has 0 bridgehead atoms. The molecule has 0 unspecified atom stereocenters. The summed E-state index contributed by atoms with van der Waals surface area (Å²) in [5.41, 5.74) is 4.70. The Bertz CT molecular complexity index is 878. The van der Waals surface area contributed by atoms with Crippen LogP contribution in [0.15, 0.2) is 47.6 Å². The number of hydrogen-bond donors (Lipinski definition) is 2. The minimum Gasteiger partial charge on any atom is -0.486 e. The second kappa shape index (κ2) is 8.90. The van der Waals surface area contributed by atoms with E-state index >= 15 is 0 Å². The van der Waals surface area contributed by atoms with Crippen LogP contribution in [-0.4, -0.2) is 51.9 Å². The lowest BCUT2D eigenvalue weighted by molar-refractivity contribution is -0.120. The number of anilines is 1. The lowest BCUT2D eigenvalue weighted by Crippen LogP contribution is -2.35. The van der Waals surface area contributed by atoms with Crippen molar-refractivity contribution in [3.8, 4) is 11.5 Å². The molecule has 3 rings (SSSR count). The van der Waals surface area contributed by atoms with Crippen LogP contribution in [0.5, 0.6) is 11.5 Å². The molecule has 2 N–H and O–H groups in total.